The molecule has 394 valence electrons. The summed E-state index contributed by atoms with van der Waals surface area (Å²) in [5, 5.41) is 32.6. The number of aromatic hydroxyl groups is 2. The third-order valence-electron chi connectivity index (χ3n) is 13.3. The molecule has 2 saturated heterocycles. The molecule has 2 fully saturated rings. The molecule has 0 amide bonds. The Morgan fingerprint density at radius 1 is 0.547 bits per heavy atom. The summed E-state index contributed by atoms with van der Waals surface area (Å²) < 4.78 is 47.6. The molecule has 2 unspecified atom stereocenters. The normalized spacial score (nSPS) is 14.8. The summed E-state index contributed by atoms with van der Waals surface area (Å²) in [6, 6.07) is 33.6. The molecule has 0 spiro atoms. The van der Waals surface area contributed by atoms with Gasteiger partial charge in [0.2, 0.25) is 0 Å². The number of aromatic carboxylic acids is 1. The second-order valence-corrected chi connectivity index (χ2v) is 18.7. The standard InChI is InChI=1S/C31H36O7.C31H38O5.Na/c1-3-9-23-27(12-7-13-28(23)38-29-11-6-5-10-24(29)31(33)34)36-15-8-16-37-30-19-26(32)25(18-21(30)4-2)22-14-17-35-20-22;1-4-10-25-29(13-8-14-30(25)36-28-12-7-6-11-22(28)3)34-16-9-17-35-31-20-27(32)26(19-23(31)5-2)24-15-18-33-21-24;/h5-7,10-13,18-19,22,32H,3-4,8-9,14-17,20H2,1-2H3,(H,33,34);6-8,11-14,19-20,24,32H,4-5,9-10,15-18,21H2,1-3H3;/q;;+1/p-1. The summed E-state index contributed by atoms with van der Waals surface area (Å²) in [5.74, 6) is 5.26. The molecule has 0 aliphatic carbocycles. The van der Waals surface area contributed by atoms with Gasteiger partial charge in [-0.2, -0.15) is 0 Å². The SMILES string of the molecule is CCCc1c(OCCCOc2cc(O)c(C3CCOC3)cc2CC)cccc1Oc1ccccc1C.CCCc1c(OCCCOc2cc(O)c(C3CCOC3)cc2CC)cccc1Oc1ccccc1C(=O)[O-].[Na+]. The average molecular weight is 1030 g/mol. The number of carboxylic acids is 1. The summed E-state index contributed by atoms with van der Waals surface area (Å²) in [4.78, 5) is 11.5. The van der Waals surface area contributed by atoms with E-state index < -0.39 is 5.97 Å². The second-order valence-electron chi connectivity index (χ2n) is 18.7. The van der Waals surface area contributed by atoms with E-state index >= 15 is 0 Å². The number of phenols is 2. The Hall–Kier alpha value is -5.89. The Balaban J connectivity index is 0.000000241. The topological polar surface area (TPSA) is 154 Å². The number of carbonyl (C=O) groups excluding carboxylic acids is 1. The van der Waals surface area contributed by atoms with Crippen LogP contribution >= 0.6 is 0 Å². The number of rotatable bonds is 25. The van der Waals surface area contributed by atoms with Crippen LogP contribution in [-0.2, 0) is 35.2 Å². The summed E-state index contributed by atoms with van der Waals surface area (Å²) in [6.45, 7) is 15.2. The Morgan fingerprint density at radius 2 is 0.960 bits per heavy atom. The number of para-hydroxylation sites is 2. The minimum atomic E-state index is -1.29. The van der Waals surface area contributed by atoms with Gasteiger partial charge in [-0.05, 0) is 128 Å². The fourth-order valence-electron chi connectivity index (χ4n) is 9.32. The second kappa shape index (κ2) is 30.0. The zero-order valence-corrected chi connectivity index (χ0v) is 46.8. The van der Waals surface area contributed by atoms with Gasteiger partial charge >= 0.3 is 29.6 Å². The molecule has 6 aromatic carbocycles. The van der Waals surface area contributed by atoms with E-state index in [1.807, 2.05) is 60.7 Å². The van der Waals surface area contributed by atoms with Gasteiger partial charge < -0.3 is 58.0 Å². The van der Waals surface area contributed by atoms with E-state index in [1.54, 1.807) is 30.3 Å². The van der Waals surface area contributed by atoms with Gasteiger partial charge in [-0.25, -0.2) is 0 Å². The molecule has 0 radical (unpaired) electrons. The molecule has 0 saturated carbocycles. The number of phenolic OH excluding ortho intramolecular Hbond substituents is 2. The molecule has 6 aromatic rings. The molecular weight excluding hydrogens is 960 g/mol. The summed E-state index contributed by atoms with van der Waals surface area (Å²) in [6.07, 6.45) is 8.37. The van der Waals surface area contributed by atoms with Crippen molar-refractivity contribution in [2.45, 2.75) is 111 Å². The largest absolute Gasteiger partial charge is 1.00 e. The third-order valence-corrected chi connectivity index (χ3v) is 13.3. The molecule has 13 heteroatoms. The quantitative estimate of drug-likeness (QED) is 0.0415. The van der Waals surface area contributed by atoms with E-state index in [-0.39, 0.29) is 58.5 Å². The van der Waals surface area contributed by atoms with Crippen LogP contribution in [-0.4, -0.2) is 69.0 Å². The Kier molecular flexibility index (Phi) is 23.4. The minimum absolute atomic E-state index is 0. The van der Waals surface area contributed by atoms with Crippen molar-refractivity contribution in [1.82, 2.24) is 0 Å². The van der Waals surface area contributed by atoms with E-state index in [2.05, 4.69) is 46.8 Å². The molecule has 2 heterocycles. The van der Waals surface area contributed by atoms with Gasteiger partial charge in [-0.3, -0.25) is 0 Å². The molecule has 2 atom stereocenters. The van der Waals surface area contributed by atoms with E-state index in [4.69, 9.17) is 37.9 Å². The zero-order chi connectivity index (χ0) is 52.2. The molecule has 12 nitrogen and oxygen atoms in total. The first-order chi connectivity index (χ1) is 36.1. The maximum absolute atomic E-state index is 11.5. The van der Waals surface area contributed by atoms with Crippen molar-refractivity contribution in [3.05, 3.63) is 154 Å². The molecule has 2 N–H and O–H groups in total. The first-order valence-corrected chi connectivity index (χ1v) is 26.5. The van der Waals surface area contributed by atoms with Crippen molar-refractivity contribution in [3.8, 4) is 57.5 Å². The van der Waals surface area contributed by atoms with E-state index in [1.165, 1.54) is 6.07 Å². The van der Waals surface area contributed by atoms with Gasteiger partial charge in [-0.1, -0.05) is 83.0 Å². The van der Waals surface area contributed by atoms with Crippen LogP contribution in [0.15, 0.2) is 109 Å². The number of ether oxygens (including phenoxy) is 8. The van der Waals surface area contributed by atoms with E-state index in [0.717, 1.165) is 127 Å². The average Bonchev–Trinajstić information content (AvgIpc) is 4.16. The predicted octanol–water partition coefficient (Wildman–Crippen LogP) is 9.78. The number of hydrogen-bond donors (Lipinski definition) is 2. The molecule has 2 aliphatic rings. The maximum Gasteiger partial charge on any atom is 1.00 e. The number of hydrogen-bond acceptors (Lipinski definition) is 12. The molecule has 8 rings (SSSR count). The van der Waals surface area contributed by atoms with E-state index in [9.17, 15) is 20.1 Å². The molecule has 2 aliphatic heterocycles. The summed E-state index contributed by atoms with van der Waals surface area (Å²) in [5.41, 5.74) is 7.16. The van der Waals surface area contributed by atoms with Crippen LogP contribution in [0.25, 0.3) is 0 Å². The van der Waals surface area contributed by atoms with Gasteiger partial charge in [-0.15, -0.1) is 0 Å². The number of carboxylic acid groups (broad SMARTS) is 1. The van der Waals surface area contributed by atoms with Gasteiger partial charge in [0, 0.05) is 66.7 Å². The van der Waals surface area contributed by atoms with Crippen LogP contribution in [0.1, 0.15) is 127 Å². The van der Waals surface area contributed by atoms with Crippen molar-refractivity contribution in [2.24, 2.45) is 0 Å². The smallest absolute Gasteiger partial charge is 0.545 e. The first kappa shape index (κ1) is 58.4. The van der Waals surface area contributed by atoms with E-state index in [0.29, 0.717) is 75.5 Å². The van der Waals surface area contributed by atoms with Crippen LogP contribution in [0.4, 0.5) is 0 Å². The van der Waals surface area contributed by atoms with Crippen molar-refractivity contribution < 1.29 is 87.6 Å². The molecule has 0 bridgehead atoms. The minimum Gasteiger partial charge on any atom is -0.545 e. The van der Waals surface area contributed by atoms with Gasteiger partial charge in [0.15, 0.2) is 0 Å². The fourth-order valence-corrected chi connectivity index (χ4v) is 9.32. The van der Waals surface area contributed by atoms with Crippen LogP contribution in [0.5, 0.6) is 57.5 Å². The molecule has 0 aromatic heterocycles. The van der Waals surface area contributed by atoms with Gasteiger partial charge in [0.1, 0.15) is 57.5 Å². The van der Waals surface area contributed by atoms with Crippen LogP contribution in [0, 0.1) is 6.92 Å². The zero-order valence-electron chi connectivity index (χ0n) is 44.8. The summed E-state index contributed by atoms with van der Waals surface area (Å²) in [7, 11) is 0. The van der Waals surface area contributed by atoms with Crippen molar-refractivity contribution in [1.29, 1.82) is 0 Å². The van der Waals surface area contributed by atoms with Gasteiger partial charge in [0.25, 0.3) is 0 Å². The van der Waals surface area contributed by atoms with Crippen LogP contribution in [0.3, 0.4) is 0 Å². The maximum atomic E-state index is 11.5. The van der Waals surface area contributed by atoms with Crippen LogP contribution < -0.4 is 63.1 Å². The molecule has 75 heavy (non-hydrogen) atoms. The monoisotopic (exact) mass is 1030 g/mol. The van der Waals surface area contributed by atoms with Crippen molar-refractivity contribution >= 4 is 5.97 Å². The fraction of sp³-hybridized carbons (Fsp3) is 0.403. The van der Waals surface area contributed by atoms with Crippen molar-refractivity contribution in [2.75, 3.05) is 52.9 Å². The number of aryl methyl sites for hydroxylation is 3. The first-order valence-electron chi connectivity index (χ1n) is 26.5. The third kappa shape index (κ3) is 16.1. The predicted molar refractivity (Wildman–Crippen MR) is 286 cm³/mol. The summed E-state index contributed by atoms with van der Waals surface area (Å²) >= 11 is 0. The Labute approximate surface area is 465 Å². The Bertz CT molecular complexity index is 2750. The van der Waals surface area contributed by atoms with Crippen molar-refractivity contribution in [3.63, 3.8) is 0 Å². The number of carbonyl (C=O) groups is 1. The Morgan fingerprint density at radius 3 is 1.39 bits per heavy atom. The molecular formula is C62H73NaO12. The van der Waals surface area contributed by atoms with Gasteiger partial charge in [0.05, 0.1) is 45.6 Å². The van der Waals surface area contributed by atoms with Crippen LogP contribution in [0.2, 0.25) is 0 Å². The number of benzene rings is 6.